The average Bonchev–Trinajstić information content (AvgIpc) is 2.66. The summed E-state index contributed by atoms with van der Waals surface area (Å²) < 4.78 is 15.1. The molecule has 1 heterocycles. The largest absolute Gasteiger partial charge is 0.476 e. The summed E-state index contributed by atoms with van der Waals surface area (Å²) in [5, 5.41) is 12.8. The zero-order valence-electron chi connectivity index (χ0n) is 9.74. The molecule has 0 saturated heterocycles. The highest BCUT2D eigenvalue weighted by Crippen LogP contribution is 2.29. The molecule has 1 aromatic carbocycles. The van der Waals surface area contributed by atoms with Gasteiger partial charge < -0.3 is 5.11 Å². The summed E-state index contributed by atoms with van der Waals surface area (Å²) in [7, 11) is 1.65. The Morgan fingerprint density at radius 1 is 1.44 bits per heavy atom. The van der Waals surface area contributed by atoms with Crippen molar-refractivity contribution in [3.8, 4) is 11.3 Å². The van der Waals surface area contributed by atoms with Gasteiger partial charge in [-0.2, -0.15) is 5.10 Å². The average molecular weight is 313 g/mol. The van der Waals surface area contributed by atoms with Crippen LogP contribution in [0.1, 0.15) is 16.1 Å². The maximum atomic E-state index is 13.3. The van der Waals surface area contributed by atoms with Crippen molar-refractivity contribution in [1.82, 2.24) is 9.78 Å². The maximum absolute atomic E-state index is 13.3. The van der Waals surface area contributed by atoms with Crippen molar-refractivity contribution in [1.29, 1.82) is 0 Å². The molecular formula is C12H10BrFN2O2. The number of benzene rings is 1. The second-order valence-electron chi connectivity index (χ2n) is 3.92. The summed E-state index contributed by atoms with van der Waals surface area (Å²) in [5.74, 6) is -1.44. The van der Waals surface area contributed by atoms with Crippen molar-refractivity contribution in [2.75, 3.05) is 0 Å². The van der Waals surface area contributed by atoms with Gasteiger partial charge in [0.15, 0.2) is 5.69 Å². The summed E-state index contributed by atoms with van der Waals surface area (Å²) in [6.07, 6.45) is 0. The highest BCUT2D eigenvalue weighted by atomic mass is 79.9. The van der Waals surface area contributed by atoms with Crippen molar-refractivity contribution in [2.45, 2.75) is 6.92 Å². The van der Waals surface area contributed by atoms with Gasteiger partial charge in [-0.25, -0.2) is 9.18 Å². The van der Waals surface area contributed by atoms with Gasteiger partial charge in [-0.1, -0.05) is 0 Å². The number of aryl methyl sites for hydroxylation is 2. The molecule has 0 saturated carbocycles. The SMILES string of the molecule is Cc1cc(F)c(Br)cc1-c1cc(C(=O)O)nn1C. The Balaban J connectivity index is 2.62. The minimum atomic E-state index is -1.09. The van der Waals surface area contributed by atoms with Gasteiger partial charge in [0.25, 0.3) is 0 Å². The normalized spacial score (nSPS) is 10.7. The van der Waals surface area contributed by atoms with Crippen LogP contribution in [-0.4, -0.2) is 20.9 Å². The van der Waals surface area contributed by atoms with Crippen LogP contribution in [0.25, 0.3) is 11.3 Å². The molecule has 0 bridgehead atoms. The van der Waals surface area contributed by atoms with Crippen LogP contribution in [0, 0.1) is 12.7 Å². The molecule has 6 heteroatoms. The molecule has 18 heavy (non-hydrogen) atoms. The maximum Gasteiger partial charge on any atom is 0.356 e. The fraction of sp³-hybridized carbons (Fsp3) is 0.167. The number of carbonyl (C=O) groups is 1. The van der Waals surface area contributed by atoms with Gasteiger partial charge >= 0.3 is 5.97 Å². The fourth-order valence-electron chi connectivity index (χ4n) is 1.75. The number of hydrogen-bond donors (Lipinski definition) is 1. The number of nitrogens with zero attached hydrogens (tertiary/aromatic N) is 2. The standard InChI is InChI=1S/C12H10BrFN2O2/c1-6-3-9(14)8(13)4-7(6)11-5-10(12(17)18)15-16(11)2/h3-5H,1-2H3,(H,17,18). The topological polar surface area (TPSA) is 55.1 Å². The zero-order valence-corrected chi connectivity index (χ0v) is 11.3. The molecule has 1 N–H and O–H groups in total. The van der Waals surface area contributed by atoms with E-state index in [1.54, 1.807) is 20.0 Å². The lowest BCUT2D eigenvalue weighted by atomic mass is 10.1. The van der Waals surface area contributed by atoms with Crippen LogP contribution in [0.5, 0.6) is 0 Å². The number of aromatic carboxylic acids is 1. The molecular weight excluding hydrogens is 303 g/mol. The molecule has 0 atom stereocenters. The Bertz CT molecular complexity index is 637. The van der Waals surface area contributed by atoms with Crippen LogP contribution in [0.2, 0.25) is 0 Å². The van der Waals surface area contributed by atoms with E-state index < -0.39 is 5.97 Å². The second-order valence-corrected chi connectivity index (χ2v) is 4.78. The Labute approximate surface area is 111 Å². The molecule has 2 aromatic rings. The number of rotatable bonds is 2. The highest BCUT2D eigenvalue weighted by molar-refractivity contribution is 9.10. The van der Waals surface area contributed by atoms with Crippen molar-refractivity contribution < 1.29 is 14.3 Å². The lowest BCUT2D eigenvalue weighted by Gasteiger charge is -2.07. The number of aromatic nitrogens is 2. The second kappa shape index (κ2) is 4.53. The summed E-state index contributed by atoms with van der Waals surface area (Å²) in [6, 6.07) is 4.48. The third-order valence-corrected chi connectivity index (χ3v) is 3.25. The fourth-order valence-corrected chi connectivity index (χ4v) is 2.09. The molecule has 0 unspecified atom stereocenters. The quantitative estimate of drug-likeness (QED) is 0.927. The molecule has 2 rings (SSSR count). The summed E-state index contributed by atoms with van der Waals surface area (Å²) in [4.78, 5) is 10.9. The highest BCUT2D eigenvalue weighted by Gasteiger charge is 2.15. The third kappa shape index (κ3) is 2.15. The molecule has 0 aliphatic carbocycles. The first-order chi connectivity index (χ1) is 8.40. The van der Waals surface area contributed by atoms with Crippen LogP contribution in [-0.2, 0) is 7.05 Å². The van der Waals surface area contributed by atoms with Gasteiger partial charge in [-0.3, -0.25) is 4.68 Å². The first kappa shape index (κ1) is 12.8. The molecule has 0 amide bonds. The predicted molar refractivity (Wildman–Crippen MR) is 68.0 cm³/mol. The van der Waals surface area contributed by atoms with Gasteiger partial charge in [0.1, 0.15) is 5.82 Å². The lowest BCUT2D eigenvalue weighted by molar-refractivity contribution is 0.0689. The Morgan fingerprint density at radius 3 is 2.67 bits per heavy atom. The smallest absolute Gasteiger partial charge is 0.356 e. The van der Waals surface area contributed by atoms with Crippen molar-refractivity contribution in [3.05, 3.63) is 39.7 Å². The monoisotopic (exact) mass is 312 g/mol. The number of hydrogen-bond acceptors (Lipinski definition) is 2. The van der Waals surface area contributed by atoms with E-state index in [0.29, 0.717) is 10.2 Å². The molecule has 0 radical (unpaired) electrons. The van der Waals surface area contributed by atoms with Crippen LogP contribution < -0.4 is 0 Å². The van der Waals surface area contributed by atoms with Crippen LogP contribution in [0.4, 0.5) is 4.39 Å². The van der Waals surface area contributed by atoms with Gasteiger partial charge in [-0.15, -0.1) is 0 Å². The van der Waals surface area contributed by atoms with Gasteiger partial charge in [0.05, 0.1) is 10.2 Å². The summed E-state index contributed by atoms with van der Waals surface area (Å²) in [5.41, 5.74) is 2.05. The first-order valence-corrected chi connectivity index (χ1v) is 5.93. The minimum absolute atomic E-state index is 0.0349. The van der Waals surface area contributed by atoms with E-state index in [2.05, 4.69) is 21.0 Å². The van der Waals surface area contributed by atoms with Crippen molar-refractivity contribution in [3.63, 3.8) is 0 Å². The van der Waals surface area contributed by atoms with Crippen LogP contribution in [0.15, 0.2) is 22.7 Å². The van der Waals surface area contributed by atoms with E-state index in [4.69, 9.17) is 5.11 Å². The number of carboxylic acids is 1. The molecule has 4 nitrogen and oxygen atoms in total. The molecule has 1 aromatic heterocycles. The number of halogens is 2. The summed E-state index contributed by atoms with van der Waals surface area (Å²) >= 11 is 3.12. The predicted octanol–water partition coefficient (Wildman–Crippen LogP) is 3.00. The molecule has 0 fully saturated rings. The van der Waals surface area contributed by atoms with E-state index in [1.165, 1.54) is 16.8 Å². The van der Waals surface area contributed by atoms with Crippen molar-refractivity contribution >= 4 is 21.9 Å². The van der Waals surface area contributed by atoms with E-state index in [9.17, 15) is 9.18 Å². The first-order valence-electron chi connectivity index (χ1n) is 5.13. The van der Waals surface area contributed by atoms with Crippen LogP contribution >= 0.6 is 15.9 Å². The van der Waals surface area contributed by atoms with E-state index >= 15 is 0 Å². The zero-order chi connectivity index (χ0) is 13.4. The Kier molecular flexibility index (Phi) is 3.21. The van der Waals surface area contributed by atoms with E-state index in [-0.39, 0.29) is 11.5 Å². The molecule has 0 spiro atoms. The van der Waals surface area contributed by atoms with Gasteiger partial charge in [0, 0.05) is 12.6 Å². The van der Waals surface area contributed by atoms with Gasteiger partial charge in [-0.05, 0) is 46.6 Å². The Hall–Kier alpha value is -1.69. The van der Waals surface area contributed by atoms with E-state index in [0.717, 1.165) is 11.1 Å². The lowest BCUT2D eigenvalue weighted by Crippen LogP contribution is -1.99. The minimum Gasteiger partial charge on any atom is -0.476 e. The molecule has 0 aliphatic heterocycles. The van der Waals surface area contributed by atoms with Gasteiger partial charge in [0.2, 0.25) is 0 Å². The van der Waals surface area contributed by atoms with Crippen LogP contribution in [0.3, 0.4) is 0 Å². The number of carboxylic acid groups (broad SMARTS) is 1. The third-order valence-electron chi connectivity index (χ3n) is 2.64. The Morgan fingerprint density at radius 2 is 2.11 bits per heavy atom. The van der Waals surface area contributed by atoms with Crippen molar-refractivity contribution in [2.24, 2.45) is 7.05 Å². The molecule has 0 aliphatic rings. The summed E-state index contributed by atoms with van der Waals surface area (Å²) in [6.45, 7) is 1.76. The molecule has 94 valence electrons. The van der Waals surface area contributed by atoms with E-state index in [1.807, 2.05) is 0 Å².